The number of carbonyl (C=O) groups is 2. The number of nitrogens with zero attached hydrogens (tertiary/aromatic N) is 1. The second kappa shape index (κ2) is 10.2. The highest BCUT2D eigenvalue weighted by Crippen LogP contribution is 2.27. The summed E-state index contributed by atoms with van der Waals surface area (Å²) in [4.78, 5) is 24.7. The predicted octanol–water partition coefficient (Wildman–Crippen LogP) is 2.97. The number of ketones is 1. The number of nitrogens with one attached hydrogen (secondary N) is 1. The molecular formula is C21H23ClN2O6S. The molecule has 0 radical (unpaired) electrons. The summed E-state index contributed by atoms with van der Waals surface area (Å²) in [5.74, 6) is 0.00748. The Balaban J connectivity index is 1.64. The summed E-state index contributed by atoms with van der Waals surface area (Å²) in [6.07, 6.45) is -0.0663. The number of hydrogen-bond acceptors (Lipinski definition) is 6. The standard InChI is InChI=1S/C21H23ClN2O6S/c1-29-16-4-2-15(3-5-16)20(25)8-9-21(26)23-19-14-17(6-7-18(19)22)31(27,28)24-10-12-30-13-11-24/h2-7,14H,8-13H2,1H3,(H,23,26). The predicted molar refractivity (Wildman–Crippen MR) is 116 cm³/mol. The van der Waals surface area contributed by atoms with E-state index in [-0.39, 0.29) is 47.3 Å². The van der Waals surface area contributed by atoms with Gasteiger partial charge in [0, 0.05) is 31.5 Å². The van der Waals surface area contributed by atoms with Crippen molar-refractivity contribution in [2.45, 2.75) is 17.7 Å². The number of Topliss-reactive ketones (excluding diaryl/α,β-unsaturated/α-hetero) is 1. The topological polar surface area (TPSA) is 102 Å². The van der Waals surface area contributed by atoms with E-state index in [9.17, 15) is 18.0 Å². The molecule has 0 atom stereocenters. The number of ether oxygens (including phenoxy) is 2. The molecule has 1 aliphatic rings. The third-order valence-corrected chi connectivity index (χ3v) is 7.04. The van der Waals surface area contributed by atoms with E-state index >= 15 is 0 Å². The quantitative estimate of drug-likeness (QED) is 0.600. The van der Waals surface area contributed by atoms with Crippen LogP contribution in [-0.2, 0) is 19.6 Å². The largest absolute Gasteiger partial charge is 0.497 e. The van der Waals surface area contributed by atoms with Crippen LogP contribution in [0.2, 0.25) is 5.02 Å². The van der Waals surface area contributed by atoms with E-state index in [0.717, 1.165) is 0 Å². The van der Waals surface area contributed by atoms with Crippen molar-refractivity contribution >= 4 is 39.0 Å². The third-order valence-electron chi connectivity index (χ3n) is 4.81. The van der Waals surface area contributed by atoms with Crippen LogP contribution >= 0.6 is 11.6 Å². The van der Waals surface area contributed by atoms with Gasteiger partial charge < -0.3 is 14.8 Å². The molecule has 3 rings (SSSR count). The maximum absolute atomic E-state index is 12.8. The molecule has 1 fully saturated rings. The van der Waals surface area contributed by atoms with Gasteiger partial charge in [0.15, 0.2) is 5.78 Å². The Hall–Kier alpha value is -2.46. The normalized spacial score (nSPS) is 14.8. The number of anilines is 1. The average Bonchev–Trinajstić information content (AvgIpc) is 2.79. The van der Waals surface area contributed by atoms with E-state index in [1.807, 2.05) is 0 Å². The van der Waals surface area contributed by atoms with Crippen LogP contribution in [-0.4, -0.2) is 57.8 Å². The molecule has 0 spiro atoms. The summed E-state index contributed by atoms with van der Waals surface area (Å²) in [6, 6.07) is 10.8. The zero-order valence-electron chi connectivity index (χ0n) is 17.0. The van der Waals surface area contributed by atoms with Crippen molar-refractivity contribution in [1.29, 1.82) is 0 Å². The number of halogens is 1. The monoisotopic (exact) mass is 466 g/mol. The minimum atomic E-state index is -3.73. The number of hydrogen-bond donors (Lipinski definition) is 1. The van der Waals surface area contributed by atoms with Crippen molar-refractivity contribution in [3.63, 3.8) is 0 Å². The van der Waals surface area contributed by atoms with Crippen molar-refractivity contribution in [2.24, 2.45) is 0 Å². The molecule has 2 aromatic rings. The van der Waals surface area contributed by atoms with Crippen LogP contribution in [0, 0.1) is 0 Å². The van der Waals surface area contributed by atoms with E-state index in [2.05, 4.69) is 5.32 Å². The molecule has 0 aliphatic carbocycles. The lowest BCUT2D eigenvalue weighted by Crippen LogP contribution is -2.40. The number of sulfonamides is 1. The fourth-order valence-electron chi connectivity index (χ4n) is 3.06. The van der Waals surface area contributed by atoms with Gasteiger partial charge >= 0.3 is 0 Å². The number of methoxy groups -OCH3 is 1. The molecule has 1 N–H and O–H groups in total. The zero-order valence-corrected chi connectivity index (χ0v) is 18.5. The van der Waals surface area contributed by atoms with Gasteiger partial charge in [0.25, 0.3) is 0 Å². The van der Waals surface area contributed by atoms with E-state index < -0.39 is 15.9 Å². The molecule has 166 valence electrons. The molecule has 0 aromatic heterocycles. The number of amides is 1. The minimum absolute atomic E-state index is 0.00154. The lowest BCUT2D eigenvalue weighted by Gasteiger charge is -2.26. The molecule has 1 amide bonds. The molecule has 1 aliphatic heterocycles. The average molecular weight is 467 g/mol. The molecule has 31 heavy (non-hydrogen) atoms. The van der Waals surface area contributed by atoms with Crippen molar-refractivity contribution in [2.75, 3.05) is 38.7 Å². The molecule has 0 unspecified atom stereocenters. The first kappa shape index (κ1) is 23.2. The number of benzene rings is 2. The number of morpholine rings is 1. The zero-order chi connectivity index (χ0) is 22.4. The summed E-state index contributed by atoms with van der Waals surface area (Å²) in [6.45, 7) is 1.19. The summed E-state index contributed by atoms with van der Waals surface area (Å²) in [5, 5.41) is 2.80. The summed E-state index contributed by atoms with van der Waals surface area (Å²) < 4.78 is 37.2. The lowest BCUT2D eigenvalue weighted by molar-refractivity contribution is -0.116. The van der Waals surface area contributed by atoms with Crippen molar-refractivity contribution in [3.05, 3.63) is 53.1 Å². The molecule has 0 bridgehead atoms. The highest BCUT2D eigenvalue weighted by molar-refractivity contribution is 7.89. The first-order valence-electron chi connectivity index (χ1n) is 9.66. The van der Waals surface area contributed by atoms with E-state index in [1.54, 1.807) is 24.3 Å². The Labute approximate surface area is 186 Å². The van der Waals surface area contributed by atoms with Gasteiger partial charge in [-0.3, -0.25) is 9.59 Å². The van der Waals surface area contributed by atoms with E-state index in [1.165, 1.54) is 29.6 Å². The highest BCUT2D eigenvalue weighted by Gasteiger charge is 2.27. The third kappa shape index (κ3) is 5.82. The Morgan fingerprint density at radius 2 is 1.77 bits per heavy atom. The Kier molecular flexibility index (Phi) is 7.66. The second-order valence-corrected chi connectivity index (χ2v) is 9.20. The molecular weight excluding hydrogens is 444 g/mol. The maximum Gasteiger partial charge on any atom is 0.243 e. The second-order valence-electron chi connectivity index (χ2n) is 6.86. The van der Waals surface area contributed by atoms with Gasteiger partial charge in [0.05, 0.1) is 35.9 Å². The van der Waals surface area contributed by atoms with Gasteiger partial charge in [0.1, 0.15) is 5.75 Å². The molecule has 2 aromatic carbocycles. The van der Waals surface area contributed by atoms with Crippen LogP contribution in [0.15, 0.2) is 47.4 Å². The van der Waals surface area contributed by atoms with Gasteiger partial charge in [0.2, 0.25) is 15.9 Å². The van der Waals surface area contributed by atoms with Gasteiger partial charge in [-0.15, -0.1) is 0 Å². The Morgan fingerprint density at radius 1 is 1.10 bits per heavy atom. The van der Waals surface area contributed by atoms with Crippen LogP contribution < -0.4 is 10.1 Å². The van der Waals surface area contributed by atoms with Crippen molar-refractivity contribution < 1.29 is 27.5 Å². The van der Waals surface area contributed by atoms with E-state index in [0.29, 0.717) is 24.5 Å². The van der Waals surface area contributed by atoms with Crippen molar-refractivity contribution in [1.82, 2.24) is 4.31 Å². The molecule has 1 heterocycles. The highest BCUT2D eigenvalue weighted by atomic mass is 35.5. The fourth-order valence-corrected chi connectivity index (χ4v) is 4.66. The number of carbonyl (C=O) groups excluding carboxylic acids is 2. The maximum atomic E-state index is 12.8. The van der Waals surface area contributed by atoms with Gasteiger partial charge in [-0.1, -0.05) is 11.6 Å². The van der Waals surface area contributed by atoms with Crippen LogP contribution in [0.1, 0.15) is 23.2 Å². The smallest absolute Gasteiger partial charge is 0.243 e. The van der Waals surface area contributed by atoms with Gasteiger partial charge in [-0.25, -0.2) is 8.42 Å². The van der Waals surface area contributed by atoms with Crippen LogP contribution in [0.4, 0.5) is 5.69 Å². The number of rotatable bonds is 8. The SMILES string of the molecule is COc1ccc(C(=O)CCC(=O)Nc2cc(S(=O)(=O)N3CCOCC3)ccc2Cl)cc1. The van der Waals surface area contributed by atoms with Crippen LogP contribution in [0.3, 0.4) is 0 Å². The first-order chi connectivity index (χ1) is 14.8. The summed E-state index contributed by atoms with van der Waals surface area (Å²) in [7, 11) is -2.19. The van der Waals surface area contributed by atoms with Gasteiger partial charge in [-0.2, -0.15) is 4.31 Å². The molecule has 8 nitrogen and oxygen atoms in total. The molecule has 0 saturated carbocycles. The molecule has 1 saturated heterocycles. The van der Waals surface area contributed by atoms with Crippen LogP contribution in [0.5, 0.6) is 5.75 Å². The van der Waals surface area contributed by atoms with Crippen molar-refractivity contribution in [3.8, 4) is 5.75 Å². The lowest BCUT2D eigenvalue weighted by atomic mass is 10.1. The first-order valence-corrected chi connectivity index (χ1v) is 11.5. The fraction of sp³-hybridized carbons (Fsp3) is 0.333. The van der Waals surface area contributed by atoms with Crippen LogP contribution in [0.25, 0.3) is 0 Å². The molecule has 10 heteroatoms. The minimum Gasteiger partial charge on any atom is -0.497 e. The van der Waals surface area contributed by atoms with E-state index in [4.69, 9.17) is 21.1 Å². The summed E-state index contributed by atoms with van der Waals surface area (Å²) in [5.41, 5.74) is 0.656. The Bertz CT molecular complexity index is 1050. The van der Waals surface area contributed by atoms with Gasteiger partial charge in [-0.05, 0) is 42.5 Å². The Morgan fingerprint density at radius 3 is 2.42 bits per heavy atom. The summed E-state index contributed by atoms with van der Waals surface area (Å²) >= 11 is 6.14.